The summed E-state index contributed by atoms with van der Waals surface area (Å²) in [6.45, 7) is 1.31. The number of carbonyl (C=O) groups excluding carboxylic acids is 1. The number of hydrogen-bond acceptors (Lipinski definition) is 3. The maximum Gasteiger partial charge on any atom is 0.252 e. The molecule has 0 bridgehead atoms. The zero-order valence-electron chi connectivity index (χ0n) is 14.3. The molecule has 1 aliphatic rings. The second-order valence-corrected chi connectivity index (χ2v) is 8.61. The predicted molar refractivity (Wildman–Crippen MR) is 102 cm³/mol. The largest absolute Gasteiger partial charge is 0.348 e. The van der Waals surface area contributed by atoms with E-state index in [1.165, 1.54) is 10.4 Å². The summed E-state index contributed by atoms with van der Waals surface area (Å²) in [5, 5.41) is 3.41. The first-order chi connectivity index (χ1) is 12.5. The van der Waals surface area contributed by atoms with Gasteiger partial charge < -0.3 is 5.32 Å². The molecule has 0 saturated carbocycles. The summed E-state index contributed by atoms with van der Waals surface area (Å²) in [7, 11) is -3.67. The summed E-state index contributed by atoms with van der Waals surface area (Å²) in [4.78, 5) is 12.7. The molecule has 0 atom stereocenters. The number of nitrogens with zero attached hydrogens (tertiary/aromatic N) is 1. The topological polar surface area (TPSA) is 66.5 Å². The van der Waals surface area contributed by atoms with Gasteiger partial charge in [0.05, 0.1) is 10.5 Å². The normalized spacial score (nSPS) is 15.6. The Morgan fingerprint density at radius 2 is 1.65 bits per heavy atom. The van der Waals surface area contributed by atoms with E-state index in [1.54, 1.807) is 30.3 Å². The fourth-order valence-corrected chi connectivity index (χ4v) is 4.84. The Bertz CT molecular complexity index is 876. The van der Waals surface area contributed by atoms with Crippen molar-refractivity contribution in [3.05, 3.63) is 64.7 Å². The number of benzene rings is 2. The van der Waals surface area contributed by atoms with Gasteiger partial charge in [0, 0.05) is 24.7 Å². The van der Waals surface area contributed by atoms with E-state index in [0.717, 1.165) is 24.8 Å². The number of sulfonamides is 1. The standard InChI is InChI=1S/C19H21ClN2O3S/c20-16-10-8-15(9-11-16)14-21-19(23)17-6-2-3-7-18(17)26(24,25)22-12-4-1-5-13-22/h2-3,6-11H,1,4-5,12-14H2,(H,21,23). The Balaban J connectivity index is 1.79. The third kappa shape index (κ3) is 4.26. The van der Waals surface area contributed by atoms with Crippen LogP contribution in [-0.4, -0.2) is 31.7 Å². The van der Waals surface area contributed by atoms with Crippen molar-refractivity contribution < 1.29 is 13.2 Å². The molecule has 1 saturated heterocycles. The SMILES string of the molecule is O=C(NCc1ccc(Cl)cc1)c1ccccc1S(=O)(=O)N1CCCCC1. The Kier molecular flexibility index (Phi) is 5.96. The van der Waals surface area contributed by atoms with Gasteiger partial charge in [0.15, 0.2) is 0 Å². The maximum absolute atomic E-state index is 13.0. The number of halogens is 1. The second-order valence-electron chi connectivity index (χ2n) is 6.27. The lowest BCUT2D eigenvalue weighted by Gasteiger charge is -2.26. The van der Waals surface area contributed by atoms with Crippen molar-refractivity contribution in [3.8, 4) is 0 Å². The first-order valence-corrected chi connectivity index (χ1v) is 10.4. The number of amides is 1. The van der Waals surface area contributed by atoms with Gasteiger partial charge in [-0.05, 0) is 42.7 Å². The van der Waals surface area contributed by atoms with Crippen LogP contribution in [0.4, 0.5) is 0 Å². The molecule has 0 unspecified atom stereocenters. The molecule has 0 radical (unpaired) electrons. The molecular formula is C19H21ClN2O3S. The molecule has 0 aromatic heterocycles. The van der Waals surface area contributed by atoms with Gasteiger partial charge in [-0.3, -0.25) is 4.79 Å². The van der Waals surface area contributed by atoms with Crippen molar-refractivity contribution >= 4 is 27.5 Å². The van der Waals surface area contributed by atoms with E-state index >= 15 is 0 Å². The molecule has 7 heteroatoms. The lowest BCUT2D eigenvalue weighted by Crippen LogP contribution is -2.37. The molecule has 0 aliphatic carbocycles. The van der Waals surface area contributed by atoms with Gasteiger partial charge >= 0.3 is 0 Å². The van der Waals surface area contributed by atoms with Crippen molar-refractivity contribution in [2.75, 3.05) is 13.1 Å². The number of carbonyl (C=O) groups is 1. The van der Waals surface area contributed by atoms with Crippen LogP contribution < -0.4 is 5.32 Å². The number of nitrogens with one attached hydrogen (secondary N) is 1. The zero-order valence-corrected chi connectivity index (χ0v) is 15.9. The van der Waals surface area contributed by atoms with Crippen LogP contribution in [0.3, 0.4) is 0 Å². The smallest absolute Gasteiger partial charge is 0.252 e. The van der Waals surface area contributed by atoms with Crippen LogP contribution >= 0.6 is 11.6 Å². The van der Waals surface area contributed by atoms with E-state index in [2.05, 4.69) is 5.32 Å². The molecule has 1 N–H and O–H groups in total. The molecule has 2 aromatic rings. The number of piperidine rings is 1. The molecule has 5 nitrogen and oxygen atoms in total. The molecule has 0 spiro atoms. The van der Waals surface area contributed by atoms with Crippen LogP contribution in [0.25, 0.3) is 0 Å². The van der Waals surface area contributed by atoms with Crippen LogP contribution in [0.2, 0.25) is 5.02 Å². The van der Waals surface area contributed by atoms with Gasteiger partial charge in [0.2, 0.25) is 10.0 Å². The highest BCUT2D eigenvalue weighted by Crippen LogP contribution is 2.23. The Morgan fingerprint density at radius 1 is 1.00 bits per heavy atom. The van der Waals surface area contributed by atoms with Crippen LogP contribution in [0.5, 0.6) is 0 Å². The third-order valence-corrected chi connectivity index (χ3v) is 6.64. The minimum absolute atomic E-state index is 0.0653. The van der Waals surface area contributed by atoms with Crippen molar-refractivity contribution in [1.82, 2.24) is 9.62 Å². The molecule has 1 amide bonds. The highest BCUT2D eigenvalue weighted by atomic mass is 35.5. The van der Waals surface area contributed by atoms with Gasteiger partial charge in [0.25, 0.3) is 5.91 Å². The minimum atomic E-state index is -3.67. The number of hydrogen-bond donors (Lipinski definition) is 1. The van der Waals surface area contributed by atoms with Crippen molar-refractivity contribution in [1.29, 1.82) is 0 Å². The molecule has 1 aliphatic heterocycles. The van der Waals surface area contributed by atoms with E-state index in [-0.39, 0.29) is 10.5 Å². The van der Waals surface area contributed by atoms with E-state index in [1.807, 2.05) is 12.1 Å². The van der Waals surface area contributed by atoms with Crippen LogP contribution in [-0.2, 0) is 16.6 Å². The average molecular weight is 393 g/mol. The first-order valence-electron chi connectivity index (χ1n) is 8.60. The fourth-order valence-electron chi connectivity index (χ4n) is 3.00. The summed E-state index contributed by atoms with van der Waals surface area (Å²) < 4.78 is 27.4. The molecule has 3 rings (SSSR count). The lowest BCUT2D eigenvalue weighted by atomic mass is 10.2. The summed E-state index contributed by atoms with van der Waals surface area (Å²) in [6.07, 6.45) is 2.74. The first kappa shape index (κ1) is 18.9. The van der Waals surface area contributed by atoms with E-state index in [9.17, 15) is 13.2 Å². The Hall–Kier alpha value is -1.89. The molecule has 1 heterocycles. The monoisotopic (exact) mass is 392 g/mol. The van der Waals surface area contributed by atoms with Gasteiger partial charge in [-0.15, -0.1) is 0 Å². The van der Waals surface area contributed by atoms with Gasteiger partial charge in [-0.25, -0.2) is 8.42 Å². The maximum atomic E-state index is 13.0. The van der Waals surface area contributed by atoms with Crippen LogP contribution in [0, 0.1) is 0 Å². The molecule has 2 aromatic carbocycles. The lowest BCUT2D eigenvalue weighted by molar-refractivity contribution is 0.0947. The zero-order chi connectivity index (χ0) is 18.6. The molecule has 1 fully saturated rings. The van der Waals surface area contributed by atoms with Crippen molar-refractivity contribution in [2.24, 2.45) is 0 Å². The van der Waals surface area contributed by atoms with Gasteiger partial charge in [-0.2, -0.15) is 4.31 Å². The molecule has 138 valence electrons. The molecule has 26 heavy (non-hydrogen) atoms. The van der Waals surface area contributed by atoms with Gasteiger partial charge in [0.1, 0.15) is 0 Å². The highest BCUT2D eigenvalue weighted by molar-refractivity contribution is 7.89. The summed E-state index contributed by atoms with van der Waals surface area (Å²) in [5.74, 6) is -0.406. The summed E-state index contributed by atoms with van der Waals surface area (Å²) in [5.41, 5.74) is 1.06. The minimum Gasteiger partial charge on any atom is -0.348 e. The van der Waals surface area contributed by atoms with E-state index in [4.69, 9.17) is 11.6 Å². The van der Waals surface area contributed by atoms with Crippen LogP contribution in [0.15, 0.2) is 53.4 Å². The third-order valence-electron chi connectivity index (χ3n) is 4.43. The average Bonchev–Trinajstić information content (AvgIpc) is 2.68. The molecular weight excluding hydrogens is 372 g/mol. The van der Waals surface area contributed by atoms with Gasteiger partial charge in [-0.1, -0.05) is 42.3 Å². The van der Waals surface area contributed by atoms with E-state index in [0.29, 0.717) is 24.7 Å². The highest BCUT2D eigenvalue weighted by Gasteiger charge is 2.29. The summed E-state index contributed by atoms with van der Waals surface area (Å²) >= 11 is 5.86. The van der Waals surface area contributed by atoms with E-state index < -0.39 is 15.9 Å². The summed E-state index contributed by atoms with van der Waals surface area (Å²) in [6, 6.07) is 13.5. The predicted octanol–water partition coefficient (Wildman–Crippen LogP) is 3.44. The number of rotatable bonds is 5. The quantitative estimate of drug-likeness (QED) is 0.847. The van der Waals surface area contributed by atoms with Crippen molar-refractivity contribution in [3.63, 3.8) is 0 Å². The Labute approximate surface area is 159 Å². The van der Waals surface area contributed by atoms with Crippen molar-refractivity contribution in [2.45, 2.75) is 30.7 Å². The van der Waals surface area contributed by atoms with Crippen LogP contribution in [0.1, 0.15) is 35.2 Å². The fraction of sp³-hybridized carbons (Fsp3) is 0.316. The second kappa shape index (κ2) is 8.20. The Morgan fingerprint density at radius 3 is 2.35 bits per heavy atom.